The van der Waals surface area contributed by atoms with Crippen LogP contribution in [-0.2, 0) is 0 Å². The largest absolute Gasteiger partial charge is 0.330 e. The number of carbonyl (C=O) groups excluding carboxylic acids is 1. The van der Waals surface area contributed by atoms with E-state index in [1.807, 2.05) is 24.3 Å². The summed E-state index contributed by atoms with van der Waals surface area (Å²) >= 11 is 0. The molecule has 2 aromatic rings. The third-order valence-corrected chi connectivity index (χ3v) is 4.24. The fourth-order valence-electron chi connectivity index (χ4n) is 2.97. The first kappa shape index (κ1) is 14.5. The summed E-state index contributed by atoms with van der Waals surface area (Å²) < 4.78 is 0. The Bertz CT molecular complexity index is 701. The van der Waals surface area contributed by atoms with Crippen LogP contribution < -0.4 is 11.1 Å². The van der Waals surface area contributed by atoms with E-state index in [0.29, 0.717) is 12.4 Å². The molecule has 0 saturated carbocycles. The SMILES string of the molecule is CC(CN)c1ccccc1C1c2cccnc2NC(=O)N1C. The summed E-state index contributed by atoms with van der Waals surface area (Å²) in [5, 5.41) is 2.82. The van der Waals surface area contributed by atoms with E-state index in [2.05, 4.69) is 29.4 Å². The van der Waals surface area contributed by atoms with Crippen molar-refractivity contribution in [2.75, 3.05) is 18.9 Å². The monoisotopic (exact) mass is 296 g/mol. The standard InChI is InChI=1S/C17H20N4O/c1-11(10-18)12-6-3-4-7-13(12)15-14-8-5-9-19-16(14)20-17(22)21(15)2/h3-9,11,15H,10,18H2,1-2H3,(H,19,20,22). The molecule has 1 aromatic heterocycles. The zero-order chi connectivity index (χ0) is 15.7. The van der Waals surface area contributed by atoms with Crippen LogP contribution in [0.2, 0.25) is 0 Å². The topological polar surface area (TPSA) is 71.2 Å². The van der Waals surface area contributed by atoms with Gasteiger partial charge >= 0.3 is 6.03 Å². The molecule has 2 heterocycles. The van der Waals surface area contributed by atoms with Crippen molar-refractivity contribution in [1.29, 1.82) is 0 Å². The first-order valence-corrected chi connectivity index (χ1v) is 7.41. The minimum atomic E-state index is -0.150. The lowest BCUT2D eigenvalue weighted by Gasteiger charge is -2.36. The molecular formula is C17H20N4O. The molecule has 3 rings (SSSR count). The molecule has 0 fully saturated rings. The van der Waals surface area contributed by atoms with E-state index in [1.54, 1.807) is 18.1 Å². The Morgan fingerprint density at radius 1 is 1.27 bits per heavy atom. The minimum Gasteiger partial charge on any atom is -0.330 e. The van der Waals surface area contributed by atoms with Crippen molar-refractivity contribution in [3.63, 3.8) is 0 Å². The molecule has 2 amide bonds. The predicted molar refractivity (Wildman–Crippen MR) is 86.8 cm³/mol. The Kier molecular flexibility index (Phi) is 3.81. The fraction of sp³-hybridized carbons (Fsp3) is 0.294. The molecule has 0 aliphatic carbocycles. The van der Waals surface area contributed by atoms with Gasteiger partial charge in [-0.15, -0.1) is 0 Å². The smallest absolute Gasteiger partial charge is 0.323 e. The summed E-state index contributed by atoms with van der Waals surface area (Å²) in [6, 6.07) is 11.8. The summed E-state index contributed by atoms with van der Waals surface area (Å²) in [4.78, 5) is 18.2. The second-order valence-corrected chi connectivity index (χ2v) is 5.65. The Morgan fingerprint density at radius 3 is 2.77 bits per heavy atom. The van der Waals surface area contributed by atoms with Gasteiger partial charge in [0, 0.05) is 18.8 Å². The van der Waals surface area contributed by atoms with Crippen molar-refractivity contribution in [3.05, 3.63) is 59.3 Å². The Hall–Kier alpha value is -2.40. The first-order valence-electron chi connectivity index (χ1n) is 7.41. The van der Waals surface area contributed by atoms with E-state index in [0.717, 1.165) is 11.1 Å². The number of hydrogen-bond acceptors (Lipinski definition) is 3. The summed E-state index contributed by atoms with van der Waals surface area (Å²) in [5.41, 5.74) is 9.13. The third-order valence-electron chi connectivity index (χ3n) is 4.24. The molecule has 1 aliphatic heterocycles. The van der Waals surface area contributed by atoms with E-state index >= 15 is 0 Å². The number of carbonyl (C=O) groups is 1. The number of nitrogens with two attached hydrogens (primary N) is 1. The zero-order valence-corrected chi connectivity index (χ0v) is 12.8. The highest BCUT2D eigenvalue weighted by Crippen LogP contribution is 2.38. The lowest BCUT2D eigenvalue weighted by Crippen LogP contribution is -2.40. The zero-order valence-electron chi connectivity index (χ0n) is 12.8. The molecule has 0 radical (unpaired) electrons. The van der Waals surface area contributed by atoms with Gasteiger partial charge in [-0.05, 0) is 29.7 Å². The molecule has 1 aliphatic rings. The highest BCUT2D eigenvalue weighted by molar-refractivity contribution is 5.92. The number of rotatable bonds is 3. The van der Waals surface area contributed by atoms with Crippen LogP contribution in [0.25, 0.3) is 0 Å². The van der Waals surface area contributed by atoms with Gasteiger partial charge in [-0.2, -0.15) is 0 Å². The number of pyridine rings is 1. The van der Waals surface area contributed by atoms with Crippen LogP contribution in [0.15, 0.2) is 42.6 Å². The number of benzene rings is 1. The van der Waals surface area contributed by atoms with E-state index in [4.69, 9.17) is 5.73 Å². The van der Waals surface area contributed by atoms with E-state index in [-0.39, 0.29) is 18.0 Å². The summed E-state index contributed by atoms with van der Waals surface area (Å²) in [6.45, 7) is 2.67. The average Bonchev–Trinajstić information content (AvgIpc) is 2.55. The van der Waals surface area contributed by atoms with Gasteiger partial charge in [0.05, 0.1) is 6.04 Å². The molecule has 3 N–H and O–H groups in total. The number of aromatic nitrogens is 1. The Balaban J connectivity index is 2.17. The van der Waals surface area contributed by atoms with Crippen LogP contribution in [0, 0.1) is 0 Å². The van der Waals surface area contributed by atoms with Crippen LogP contribution in [-0.4, -0.2) is 29.5 Å². The second kappa shape index (κ2) is 5.77. The van der Waals surface area contributed by atoms with Crippen LogP contribution in [0.4, 0.5) is 10.6 Å². The molecule has 114 valence electrons. The quantitative estimate of drug-likeness (QED) is 0.914. The van der Waals surface area contributed by atoms with Crippen LogP contribution in [0.3, 0.4) is 0 Å². The lowest BCUT2D eigenvalue weighted by molar-refractivity contribution is 0.209. The normalized spacial score (nSPS) is 18.6. The highest BCUT2D eigenvalue weighted by Gasteiger charge is 2.33. The number of fused-ring (bicyclic) bond motifs is 1. The van der Waals surface area contributed by atoms with Crippen molar-refractivity contribution in [3.8, 4) is 0 Å². The number of nitrogens with zero attached hydrogens (tertiary/aromatic N) is 2. The Labute approximate surface area is 130 Å². The van der Waals surface area contributed by atoms with E-state index in [1.165, 1.54) is 5.56 Å². The molecule has 0 saturated heterocycles. The van der Waals surface area contributed by atoms with Crippen molar-refractivity contribution >= 4 is 11.8 Å². The number of hydrogen-bond donors (Lipinski definition) is 2. The van der Waals surface area contributed by atoms with Crippen molar-refractivity contribution in [1.82, 2.24) is 9.88 Å². The second-order valence-electron chi connectivity index (χ2n) is 5.65. The van der Waals surface area contributed by atoms with Crippen molar-refractivity contribution < 1.29 is 4.79 Å². The minimum absolute atomic E-state index is 0.147. The van der Waals surface area contributed by atoms with Gasteiger partial charge in [0.15, 0.2) is 0 Å². The molecule has 5 heteroatoms. The number of urea groups is 1. The summed E-state index contributed by atoms with van der Waals surface area (Å²) in [5.74, 6) is 0.862. The number of nitrogens with one attached hydrogen (secondary N) is 1. The Morgan fingerprint density at radius 2 is 2.00 bits per heavy atom. The molecule has 22 heavy (non-hydrogen) atoms. The van der Waals surface area contributed by atoms with Gasteiger partial charge in [0.25, 0.3) is 0 Å². The van der Waals surface area contributed by atoms with Crippen LogP contribution >= 0.6 is 0 Å². The molecule has 0 spiro atoms. The summed E-state index contributed by atoms with van der Waals surface area (Å²) in [6.07, 6.45) is 1.69. The molecule has 0 bridgehead atoms. The highest BCUT2D eigenvalue weighted by atomic mass is 16.2. The van der Waals surface area contributed by atoms with Gasteiger partial charge in [-0.1, -0.05) is 37.3 Å². The van der Waals surface area contributed by atoms with Gasteiger partial charge in [-0.25, -0.2) is 9.78 Å². The van der Waals surface area contributed by atoms with E-state index in [9.17, 15) is 4.79 Å². The van der Waals surface area contributed by atoms with Gasteiger partial charge in [0.2, 0.25) is 0 Å². The van der Waals surface area contributed by atoms with Crippen LogP contribution in [0.5, 0.6) is 0 Å². The number of amides is 2. The first-order chi connectivity index (χ1) is 10.6. The van der Waals surface area contributed by atoms with E-state index < -0.39 is 0 Å². The summed E-state index contributed by atoms with van der Waals surface area (Å²) in [7, 11) is 1.81. The predicted octanol–water partition coefficient (Wildman–Crippen LogP) is 2.71. The number of anilines is 1. The van der Waals surface area contributed by atoms with Crippen LogP contribution in [0.1, 0.15) is 35.6 Å². The maximum absolute atomic E-state index is 12.2. The van der Waals surface area contributed by atoms with Gasteiger partial charge in [0.1, 0.15) is 5.82 Å². The maximum atomic E-state index is 12.2. The molecule has 2 atom stereocenters. The lowest BCUT2D eigenvalue weighted by atomic mass is 9.87. The molecule has 5 nitrogen and oxygen atoms in total. The fourth-order valence-corrected chi connectivity index (χ4v) is 2.97. The average molecular weight is 296 g/mol. The third kappa shape index (κ3) is 2.33. The molecular weight excluding hydrogens is 276 g/mol. The van der Waals surface area contributed by atoms with Gasteiger partial charge in [-0.3, -0.25) is 5.32 Å². The maximum Gasteiger partial charge on any atom is 0.323 e. The molecule has 1 aromatic carbocycles. The van der Waals surface area contributed by atoms with Crippen molar-refractivity contribution in [2.45, 2.75) is 18.9 Å². The van der Waals surface area contributed by atoms with Crippen molar-refractivity contribution in [2.24, 2.45) is 5.73 Å². The molecule has 2 unspecified atom stereocenters. The van der Waals surface area contributed by atoms with Gasteiger partial charge < -0.3 is 10.6 Å².